The summed E-state index contributed by atoms with van der Waals surface area (Å²) in [5.41, 5.74) is 4.71. The molecule has 5 atom stereocenters. The summed E-state index contributed by atoms with van der Waals surface area (Å²) in [4.78, 5) is 35.4. The smallest absolute Gasteiger partial charge is 0.407 e. The minimum atomic E-state index is -0.772. The first kappa shape index (κ1) is 29.6. The molecule has 4 rings (SSSR count). The molecule has 0 radical (unpaired) electrons. The third-order valence-electron chi connectivity index (χ3n) is 7.73. The fourth-order valence-corrected chi connectivity index (χ4v) is 5.40. The van der Waals surface area contributed by atoms with Gasteiger partial charge >= 0.3 is 18.0 Å². The number of amides is 1. The standard InChI is InChI=1S/C31H39NO8/c1-19-20(2)29(39-22(4)34)30(40-28(19)18-37-21(3)33)36-16-10-9-15-32-31(35)38-17-27-25-13-7-5-11-23(25)24-12-6-8-14-26(24)27/h5-8,11-14,19-20,27-30H,9-10,15-18H2,1-4H3,(H,32,35). The molecule has 2 aromatic rings. The molecule has 1 saturated heterocycles. The van der Waals surface area contributed by atoms with Crippen molar-refractivity contribution in [3.8, 4) is 11.1 Å². The number of fused-ring (bicyclic) bond motifs is 3. The predicted molar refractivity (Wildman–Crippen MR) is 147 cm³/mol. The van der Waals surface area contributed by atoms with Crippen molar-refractivity contribution in [2.24, 2.45) is 11.8 Å². The Morgan fingerprint density at radius 1 is 0.825 bits per heavy atom. The van der Waals surface area contributed by atoms with E-state index in [4.69, 9.17) is 23.7 Å². The lowest BCUT2D eigenvalue weighted by atomic mass is 9.83. The highest BCUT2D eigenvalue weighted by atomic mass is 16.7. The molecule has 2 aliphatic rings. The van der Waals surface area contributed by atoms with Crippen LogP contribution in [0.2, 0.25) is 0 Å². The predicted octanol–water partition coefficient (Wildman–Crippen LogP) is 4.81. The monoisotopic (exact) mass is 553 g/mol. The van der Waals surface area contributed by atoms with Crippen molar-refractivity contribution in [1.29, 1.82) is 0 Å². The van der Waals surface area contributed by atoms with Gasteiger partial charge in [-0.05, 0) is 41.0 Å². The first-order chi connectivity index (χ1) is 19.3. The van der Waals surface area contributed by atoms with E-state index in [1.54, 1.807) is 0 Å². The Labute approximate surface area is 235 Å². The SMILES string of the molecule is CC(=O)OCC1OC(OCCCCNC(=O)OCC2c3ccccc3-c3ccccc32)C(OC(C)=O)C(C)C1C. The van der Waals surface area contributed by atoms with Gasteiger partial charge in [0.1, 0.15) is 13.2 Å². The Bertz CT molecular complexity index is 1140. The number of esters is 2. The molecule has 40 heavy (non-hydrogen) atoms. The zero-order chi connectivity index (χ0) is 28.6. The molecular weight excluding hydrogens is 514 g/mol. The summed E-state index contributed by atoms with van der Waals surface area (Å²) in [5, 5.41) is 2.81. The second-order valence-corrected chi connectivity index (χ2v) is 10.5. The molecule has 0 bridgehead atoms. The fraction of sp³-hybridized carbons (Fsp3) is 0.516. The summed E-state index contributed by atoms with van der Waals surface area (Å²) in [5.74, 6) is -0.843. The van der Waals surface area contributed by atoms with Crippen LogP contribution in [-0.4, -0.2) is 62.9 Å². The highest BCUT2D eigenvalue weighted by molar-refractivity contribution is 5.79. The Balaban J connectivity index is 1.19. The summed E-state index contributed by atoms with van der Waals surface area (Å²) in [6.45, 7) is 7.80. The van der Waals surface area contributed by atoms with Crippen molar-refractivity contribution in [1.82, 2.24) is 5.32 Å². The zero-order valence-electron chi connectivity index (χ0n) is 23.6. The van der Waals surface area contributed by atoms with Crippen LogP contribution in [0.25, 0.3) is 11.1 Å². The van der Waals surface area contributed by atoms with Gasteiger partial charge in [0.25, 0.3) is 0 Å². The van der Waals surface area contributed by atoms with Gasteiger partial charge in [0.2, 0.25) is 0 Å². The number of alkyl carbamates (subject to hydrolysis) is 1. The molecule has 1 aliphatic carbocycles. The maximum atomic E-state index is 12.4. The van der Waals surface area contributed by atoms with E-state index in [1.807, 2.05) is 38.1 Å². The Hall–Kier alpha value is -3.43. The number of hydrogen-bond acceptors (Lipinski definition) is 8. The second kappa shape index (κ2) is 13.8. The maximum Gasteiger partial charge on any atom is 0.407 e. The lowest BCUT2D eigenvalue weighted by Crippen LogP contribution is -2.53. The van der Waals surface area contributed by atoms with E-state index < -0.39 is 24.5 Å². The first-order valence-corrected chi connectivity index (χ1v) is 13.9. The molecule has 1 fully saturated rings. The van der Waals surface area contributed by atoms with Gasteiger partial charge in [0, 0.05) is 38.8 Å². The molecule has 0 spiro atoms. The summed E-state index contributed by atoms with van der Waals surface area (Å²) in [7, 11) is 0. The van der Waals surface area contributed by atoms with Gasteiger partial charge in [0.15, 0.2) is 12.4 Å². The van der Waals surface area contributed by atoms with E-state index >= 15 is 0 Å². The van der Waals surface area contributed by atoms with Crippen LogP contribution in [0.3, 0.4) is 0 Å². The lowest BCUT2D eigenvalue weighted by Gasteiger charge is -2.43. The molecule has 5 unspecified atom stereocenters. The molecule has 0 saturated carbocycles. The third kappa shape index (κ3) is 7.20. The van der Waals surface area contributed by atoms with Crippen molar-refractivity contribution in [3.05, 3.63) is 59.7 Å². The highest BCUT2D eigenvalue weighted by Crippen LogP contribution is 2.44. The number of ether oxygens (including phenoxy) is 5. The van der Waals surface area contributed by atoms with Crippen LogP contribution in [0, 0.1) is 11.8 Å². The largest absolute Gasteiger partial charge is 0.463 e. The van der Waals surface area contributed by atoms with Crippen LogP contribution in [0.15, 0.2) is 48.5 Å². The number of carbonyl (C=O) groups excluding carboxylic acids is 3. The van der Waals surface area contributed by atoms with Gasteiger partial charge in [-0.25, -0.2) is 4.79 Å². The number of rotatable bonds is 11. The molecule has 1 amide bonds. The maximum absolute atomic E-state index is 12.4. The molecule has 1 heterocycles. The minimum absolute atomic E-state index is 0.00930. The number of benzene rings is 2. The van der Waals surface area contributed by atoms with Crippen molar-refractivity contribution in [3.63, 3.8) is 0 Å². The molecule has 2 aromatic carbocycles. The van der Waals surface area contributed by atoms with Crippen molar-refractivity contribution >= 4 is 18.0 Å². The number of nitrogens with one attached hydrogen (secondary N) is 1. The molecular formula is C31H39NO8. The van der Waals surface area contributed by atoms with Crippen molar-refractivity contribution in [2.75, 3.05) is 26.4 Å². The molecule has 0 aromatic heterocycles. The average Bonchev–Trinajstić information content (AvgIpc) is 3.25. The van der Waals surface area contributed by atoms with Gasteiger partial charge in [-0.15, -0.1) is 0 Å². The Kier molecular flexibility index (Phi) is 10.2. The molecule has 1 aliphatic heterocycles. The molecule has 1 N–H and O–H groups in total. The number of hydrogen-bond donors (Lipinski definition) is 1. The third-order valence-corrected chi connectivity index (χ3v) is 7.73. The van der Waals surface area contributed by atoms with Crippen molar-refractivity contribution in [2.45, 2.75) is 65.0 Å². The second-order valence-electron chi connectivity index (χ2n) is 10.5. The van der Waals surface area contributed by atoms with Gasteiger partial charge in [-0.2, -0.15) is 0 Å². The average molecular weight is 554 g/mol. The molecule has 9 nitrogen and oxygen atoms in total. The van der Waals surface area contributed by atoms with Crippen molar-refractivity contribution < 1.29 is 38.1 Å². The van der Waals surface area contributed by atoms with Gasteiger partial charge in [-0.3, -0.25) is 9.59 Å². The van der Waals surface area contributed by atoms with E-state index in [-0.39, 0.29) is 43.0 Å². The first-order valence-electron chi connectivity index (χ1n) is 13.9. The fourth-order valence-electron chi connectivity index (χ4n) is 5.40. The van der Waals surface area contributed by atoms with E-state index in [1.165, 1.54) is 36.1 Å². The lowest BCUT2D eigenvalue weighted by molar-refractivity contribution is -0.280. The van der Waals surface area contributed by atoms with Crippen LogP contribution in [-0.2, 0) is 33.3 Å². The normalized spacial score (nSPS) is 23.6. The summed E-state index contributed by atoms with van der Waals surface area (Å²) < 4.78 is 28.2. The van der Waals surface area contributed by atoms with Gasteiger partial charge < -0.3 is 29.0 Å². The number of carbonyl (C=O) groups is 3. The highest BCUT2D eigenvalue weighted by Gasteiger charge is 2.44. The molecule has 216 valence electrons. The van der Waals surface area contributed by atoms with E-state index in [0.717, 1.165) is 0 Å². The zero-order valence-corrected chi connectivity index (χ0v) is 23.6. The quantitative estimate of drug-likeness (QED) is 0.240. The number of unbranched alkanes of at least 4 members (excludes halogenated alkanes) is 1. The van der Waals surface area contributed by atoms with Crippen LogP contribution >= 0.6 is 0 Å². The van der Waals surface area contributed by atoms with E-state index in [9.17, 15) is 14.4 Å². The van der Waals surface area contributed by atoms with Gasteiger partial charge in [0.05, 0.1) is 6.10 Å². The van der Waals surface area contributed by atoms with Gasteiger partial charge in [-0.1, -0.05) is 62.4 Å². The van der Waals surface area contributed by atoms with Crippen LogP contribution in [0.5, 0.6) is 0 Å². The Morgan fingerprint density at radius 3 is 2.10 bits per heavy atom. The van der Waals surface area contributed by atoms with Crippen LogP contribution in [0.1, 0.15) is 57.6 Å². The summed E-state index contributed by atoms with van der Waals surface area (Å²) in [6, 6.07) is 16.4. The van der Waals surface area contributed by atoms with Crippen LogP contribution in [0.4, 0.5) is 4.79 Å². The summed E-state index contributed by atoms with van der Waals surface area (Å²) in [6.07, 6.45) is -0.853. The Morgan fingerprint density at radius 2 is 1.48 bits per heavy atom. The minimum Gasteiger partial charge on any atom is -0.463 e. The molecule has 9 heteroatoms. The van der Waals surface area contributed by atoms with E-state index in [2.05, 4.69) is 29.6 Å². The van der Waals surface area contributed by atoms with E-state index in [0.29, 0.717) is 26.0 Å². The topological polar surface area (TPSA) is 109 Å². The summed E-state index contributed by atoms with van der Waals surface area (Å²) >= 11 is 0. The van der Waals surface area contributed by atoms with Crippen LogP contribution < -0.4 is 5.32 Å².